The topological polar surface area (TPSA) is 71.3 Å². The van der Waals surface area contributed by atoms with Crippen molar-refractivity contribution in [2.75, 3.05) is 6.54 Å². The first-order valence-corrected chi connectivity index (χ1v) is 5.30. The fourth-order valence-corrected chi connectivity index (χ4v) is 1.59. The van der Waals surface area contributed by atoms with Crippen LogP contribution in [0.25, 0.3) is 0 Å². The Bertz CT molecular complexity index is 426. The van der Waals surface area contributed by atoms with Crippen LogP contribution in [0, 0.1) is 0 Å². The predicted octanol–water partition coefficient (Wildman–Crippen LogP) is 1.25. The molecule has 1 aromatic rings. The van der Waals surface area contributed by atoms with Crippen LogP contribution in [0.3, 0.4) is 0 Å². The van der Waals surface area contributed by atoms with E-state index in [2.05, 4.69) is 27.8 Å². The first-order valence-electron chi connectivity index (χ1n) is 4.51. The molecule has 1 aromatic heterocycles. The molecular weight excluding hydrogens is 276 g/mol. The van der Waals surface area contributed by atoms with Crippen LogP contribution in [0.15, 0.2) is 29.5 Å². The third kappa shape index (κ3) is 3.23. The summed E-state index contributed by atoms with van der Waals surface area (Å²) in [4.78, 5) is 22.0. The lowest BCUT2D eigenvalue weighted by molar-refractivity contribution is -0.121. The summed E-state index contributed by atoms with van der Waals surface area (Å²) in [5, 5.41) is 11.4. The van der Waals surface area contributed by atoms with Crippen molar-refractivity contribution in [3.8, 4) is 0 Å². The van der Waals surface area contributed by atoms with Gasteiger partial charge in [0, 0.05) is 12.7 Å². The van der Waals surface area contributed by atoms with Crippen LogP contribution in [-0.4, -0.2) is 28.1 Å². The highest BCUT2D eigenvalue weighted by Gasteiger charge is 2.11. The minimum absolute atomic E-state index is 0.0711. The number of carboxylic acids is 1. The first kappa shape index (κ1) is 12.5. The van der Waals surface area contributed by atoms with E-state index in [-0.39, 0.29) is 18.0 Å². The average molecular weight is 287 g/mol. The Kier molecular flexibility index (Phi) is 4.30. The number of carbonyl (C=O) groups excluding carboxylic acids is 1. The summed E-state index contributed by atoms with van der Waals surface area (Å²) >= 11 is 3.18. The molecule has 0 spiro atoms. The number of rotatable bonds is 5. The number of hydrogen-bond donors (Lipinski definition) is 2. The highest BCUT2D eigenvalue weighted by atomic mass is 79.9. The number of halogens is 1. The molecule has 0 aliphatic carbocycles. The molecule has 0 atom stereocenters. The Balaban J connectivity index is 2.70. The molecule has 16 heavy (non-hydrogen) atoms. The summed E-state index contributed by atoms with van der Waals surface area (Å²) in [5.41, 5.74) is 0.142. The third-order valence-corrected chi connectivity index (χ3v) is 2.53. The van der Waals surface area contributed by atoms with Crippen LogP contribution in [0.4, 0.5) is 0 Å². The molecule has 6 heteroatoms. The fraction of sp³-hybridized carbons (Fsp3) is 0.200. The highest BCUT2D eigenvalue weighted by molar-refractivity contribution is 9.10. The zero-order chi connectivity index (χ0) is 12.1. The summed E-state index contributed by atoms with van der Waals surface area (Å²) in [6, 6.07) is 1.45. The van der Waals surface area contributed by atoms with Gasteiger partial charge in [-0.1, -0.05) is 6.08 Å². The number of aromatic carboxylic acids is 1. The van der Waals surface area contributed by atoms with Gasteiger partial charge >= 0.3 is 5.97 Å². The van der Waals surface area contributed by atoms with E-state index < -0.39 is 5.97 Å². The van der Waals surface area contributed by atoms with Gasteiger partial charge in [0.05, 0.1) is 10.2 Å². The van der Waals surface area contributed by atoms with Gasteiger partial charge in [-0.3, -0.25) is 4.79 Å². The lowest BCUT2D eigenvalue weighted by Gasteiger charge is -2.04. The van der Waals surface area contributed by atoms with E-state index in [0.29, 0.717) is 11.1 Å². The molecule has 1 heterocycles. The van der Waals surface area contributed by atoms with E-state index in [1.165, 1.54) is 16.8 Å². The molecule has 0 unspecified atom stereocenters. The van der Waals surface area contributed by atoms with Gasteiger partial charge in [-0.05, 0) is 22.0 Å². The van der Waals surface area contributed by atoms with E-state index >= 15 is 0 Å². The van der Waals surface area contributed by atoms with Crippen LogP contribution >= 0.6 is 15.9 Å². The normalized spacial score (nSPS) is 9.81. The maximum absolute atomic E-state index is 11.4. The zero-order valence-corrected chi connectivity index (χ0v) is 10.0. The average Bonchev–Trinajstić information content (AvgIpc) is 2.57. The molecule has 0 aromatic carbocycles. The maximum atomic E-state index is 11.4. The van der Waals surface area contributed by atoms with Crippen LogP contribution in [0.2, 0.25) is 0 Å². The van der Waals surface area contributed by atoms with Crippen molar-refractivity contribution in [2.24, 2.45) is 0 Å². The Morgan fingerprint density at radius 1 is 1.62 bits per heavy atom. The molecule has 0 saturated heterocycles. The number of carboxylic acid groups (broad SMARTS) is 1. The van der Waals surface area contributed by atoms with E-state index in [4.69, 9.17) is 5.11 Å². The van der Waals surface area contributed by atoms with E-state index in [0.717, 1.165) is 0 Å². The second-order valence-electron chi connectivity index (χ2n) is 3.08. The summed E-state index contributed by atoms with van der Waals surface area (Å²) < 4.78 is 2.07. The number of amides is 1. The molecule has 5 nitrogen and oxygen atoms in total. The largest absolute Gasteiger partial charge is 0.478 e. The van der Waals surface area contributed by atoms with Gasteiger partial charge in [-0.25, -0.2) is 4.79 Å². The van der Waals surface area contributed by atoms with Crippen LogP contribution in [0.1, 0.15) is 10.4 Å². The highest BCUT2D eigenvalue weighted by Crippen LogP contribution is 2.15. The van der Waals surface area contributed by atoms with Gasteiger partial charge in [-0.15, -0.1) is 6.58 Å². The summed E-state index contributed by atoms with van der Waals surface area (Å²) in [6.45, 7) is 3.94. The number of aromatic nitrogens is 1. The van der Waals surface area contributed by atoms with E-state index in [9.17, 15) is 9.59 Å². The van der Waals surface area contributed by atoms with Gasteiger partial charge in [0.15, 0.2) is 0 Å². The van der Waals surface area contributed by atoms with Crippen molar-refractivity contribution >= 4 is 27.8 Å². The Hall–Kier alpha value is -1.56. The smallest absolute Gasteiger partial charge is 0.337 e. The Morgan fingerprint density at radius 3 is 2.81 bits per heavy atom. The summed E-state index contributed by atoms with van der Waals surface area (Å²) in [5.74, 6) is -1.22. The quantitative estimate of drug-likeness (QED) is 0.801. The monoisotopic (exact) mass is 286 g/mol. The molecule has 86 valence electrons. The molecule has 2 N–H and O–H groups in total. The standard InChI is InChI=1S/C10H11BrN2O3/c1-2-3-12-9(14)6-13-5-7(10(15)16)4-8(13)11/h2,4-5H,1,3,6H2,(H,12,14)(H,15,16). The van der Waals surface area contributed by atoms with E-state index in [1.54, 1.807) is 6.08 Å². The molecule has 0 aliphatic rings. The minimum atomic E-state index is -1.02. The molecule has 1 amide bonds. The molecule has 0 radical (unpaired) electrons. The predicted molar refractivity (Wildman–Crippen MR) is 62.3 cm³/mol. The zero-order valence-electron chi connectivity index (χ0n) is 8.44. The molecule has 0 aliphatic heterocycles. The fourth-order valence-electron chi connectivity index (χ4n) is 1.11. The van der Waals surface area contributed by atoms with Gasteiger partial charge in [0.1, 0.15) is 6.54 Å². The molecule has 0 fully saturated rings. The van der Waals surface area contributed by atoms with Crippen molar-refractivity contribution in [2.45, 2.75) is 6.54 Å². The first-order chi connectivity index (χ1) is 7.54. The summed E-state index contributed by atoms with van der Waals surface area (Å²) in [7, 11) is 0. The Labute approximate surface area is 101 Å². The molecule has 1 rings (SSSR count). The lowest BCUT2D eigenvalue weighted by Crippen LogP contribution is -2.27. The second-order valence-corrected chi connectivity index (χ2v) is 3.89. The number of nitrogens with zero attached hydrogens (tertiary/aromatic N) is 1. The van der Waals surface area contributed by atoms with Gasteiger partial charge in [0.25, 0.3) is 0 Å². The lowest BCUT2D eigenvalue weighted by atomic mass is 10.4. The van der Waals surface area contributed by atoms with Gasteiger partial charge in [0.2, 0.25) is 5.91 Å². The van der Waals surface area contributed by atoms with Crippen molar-refractivity contribution < 1.29 is 14.7 Å². The number of hydrogen-bond acceptors (Lipinski definition) is 2. The third-order valence-electron chi connectivity index (χ3n) is 1.85. The minimum Gasteiger partial charge on any atom is -0.478 e. The van der Waals surface area contributed by atoms with Crippen LogP contribution in [0.5, 0.6) is 0 Å². The van der Waals surface area contributed by atoms with Crippen LogP contribution < -0.4 is 5.32 Å². The van der Waals surface area contributed by atoms with Crippen LogP contribution in [-0.2, 0) is 11.3 Å². The molecule has 0 saturated carbocycles. The summed E-state index contributed by atoms with van der Waals surface area (Å²) in [6.07, 6.45) is 2.98. The van der Waals surface area contributed by atoms with Crippen molar-refractivity contribution in [3.05, 3.63) is 35.1 Å². The number of carbonyl (C=O) groups is 2. The SMILES string of the molecule is C=CCNC(=O)Cn1cc(C(=O)O)cc1Br. The molecular formula is C10H11BrN2O3. The van der Waals surface area contributed by atoms with Gasteiger partial charge < -0.3 is 15.0 Å². The second kappa shape index (κ2) is 5.50. The van der Waals surface area contributed by atoms with Crippen molar-refractivity contribution in [1.82, 2.24) is 9.88 Å². The molecule has 0 bridgehead atoms. The van der Waals surface area contributed by atoms with Gasteiger partial charge in [-0.2, -0.15) is 0 Å². The Morgan fingerprint density at radius 2 is 2.31 bits per heavy atom. The van der Waals surface area contributed by atoms with E-state index in [1.807, 2.05) is 0 Å². The number of nitrogens with one attached hydrogen (secondary N) is 1. The van der Waals surface area contributed by atoms with Crippen molar-refractivity contribution in [3.63, 3.8) is 0 Å². The maximum Gasteiger partial charge on any atom is 0.337 e. The van der Waals surface area contributed by atoms with Crippen molar-refractivity contribution in [1.29, 1.82) is 0 Å².